The van der Waals surface area contributed by atoms with Crippen LogP contribution in [0.1, 0.15) is 30.6 Å². The number of hydrogen-bond acceptors (Lipinski definition) is 3. The van der Waals surface area contributed by atoms with E-state index in [4.69, 9.17) is 0 Å². The van der Waals surface area contributed by atoms with Gasteiger partial charge in [-0.2, -0.15) is 0 Å². The average Bonchev–Trinajstić information content (AvgIpc) is 2.63. The van der Waals surface area contributed by atoms with Gasteiger partial charge < -0.3 is 5.11 Å². The summed E-state index contributed by atoms with van der Waals surface area (Å²) in [5.74, 6) is 0.279. The van der Waals surface area contributed by atoms with Gasteiger partial charge in [0.05, 0.1) is 5.60 Å². The maximum absolute atomic E-state index is 11.0. The highest BCUT2D eigenvalue weighted by Gasteiger charge is 2.34. The van der Waals surface area contributed by atoms with E-state index in [1.807, 2.05) is 17.5 Å². The number of Topliss-reactive ketones (excluding diaryl/α,β-unsaturated/α-hetero) is 1. The van der Waals surface area contributed by atoms with Gasteiger partial charge in [0.15, 0.2) is 0 Å². The van der Waals surface area contributed by atoms with E-state index in [0.717, 1.165) is 4.88 Å². The SMILES string of the molecule is O=C1CCC(O)(c2cccs2)CC1. The van der Waals surface area contributed by atoms with Crippen molar-refractivity contribution in [2.75, 3.05) is 0 Å². The number of carbonyl (C=O) groups excluding carboxylic acids is 1. The number of aliphatic hydroxyl groups is 1. The Balaban J connectivity index is 2.18. The summed E-state index contributed by atoms with van der Waals surface area (Å²) in [5.41, 5.74) is -0.720. The summed E-state index contributed by atoms with van der Waals surface area (Å²) in [6.07, 6.45) is 2.22. The molecular formula is C10H12O2S. The second-order valence-electron chi connectivity index (χ2n) is 3.55. The number of ketones is 1. The fraction of sp³-hybridized carbons (Fsp3) is 0.500. The van der Waals surface area contributed by atoms with Gasteiger partial charge in [-0.3, -0.25) is 4.79 Å². The third kappa shape index (κ3) is 1.67. The molecule has 1 aliphatic rings. The Morgan fingerprint density at radius 3 is 2.62 bits per heavy atom. The van der Waals surface area contributed by atoms with Crippen molar-refractivity contribution in [3.05, 3.63) is 22.4 Å². The summed E-state index contributed by atoms with van der Waals surface area (Å²) >= 11 is 1.57. The number of hydrogen-bond donors (Lipinski definition) is 1. The third-order valence-electron chi connectivity index (χ3n) is 2.61. The van der Waals surface area contributed by atoms with E-state index in [0.29, 0.717) is 25.7 Å². The van der Waals surface area contributed by atoms with Gasteiger partial charge in [-0.05, 0) is 24.3 Å². The van der Waals surface area contributed by atoms with Gasteiger partial charge in [0.2, 0.25) is 0 Å². The van der Waals surface area contributed by atoms with Crippen LogP contribution in [0, 0.1) is 0 Å². The van der Waals surface area contributed by atoms with Crippen molar-refractivity contribution < 1.29 is 9.90 Å². The van der Waals surface area contributed by atoms with E-state index >= 15 is 0 Å². The first-order valence-corrected chi connectivity index (χ1v) is 5.37. The predicted octanol–water partition coefficient (Wildman–Crippen LogP) is 2.08. The summed E-state index contributed by atoms with van der Waals surface area (Å²) in [6, 6.07) is 3.88. The Kier molecular flexibility index (Phi) is 2.22. The van der Waals surface area contributed by atoms with E-state index in [1.54, 1.807) is 11.3 Å². The molecule has 1 aliphatic carbocycles. The number of rotatable bonds is 1. The third-order valence-corrected chi connectivity index (χ3v) is 3.68. The molecule has 3 heteroatoms. The van der Waals surface area contributed by atoms with Crippen LogP contribution in [0.25, 0.3) is 0 Å². The van der Waals surface area contributed by atoms with Crippen LogP contribution >= 0.6 is 11.3 Å². The maximum Gasteiger partial charge on any atom is 0.133 e. The molecular weight excluding hydrogens is 184 g/mol. The van der Waals surface area contributed by atoms with Crippen LogP contribution in [-0.4, -0.2) is 10.9 Å². The lowest BCUT2D eigenvalue weighted by Crippen LogP contribution is -2.30. The molecule has 0 atom stereocenters. The van der Waals surface area contributed by atoms with E-state index in [-0.39, 0.29) is 5.78 Å². The van der Waals surface area contributed by atoms with Crippen molar-refractivity contribution in [3.63, 3.8) is 0 Å². The Bertz CT molecular complexity index is 293. The molecule has 13 heavy (non-hydrogen) atoms. The molecule has 0 amide bonds. The molecule has 0 saturated heterocycles. The van der Waals surface area contributed by atoms with Crippen LogP contribution in [0.3, 0.4) is 0 Å². The van der Waals surface area contributed by atoms with Crippen molar-refractivity contribution in [3.8, 4) is 0 Å². The van der Waals surface area contributed by atoms with Crippen LogP contribution in [-0.2, 0) is 10.4 Å². The lowest BCUT2D eigenvalue weighted by atomic mass is 9.83. The summed E-state index contributed by atoms with van der Waals surface area (Å²) < 4.78 is 0. The summed E-state index contributed by atoms with van der Waals surface area (Å²) in [6.45, 7) is 0. The minimum absolute atomic E-state index is 0.279. The predicted molar refractivity (Wildman–Crippen MR) is 51.7 cm³/mol. The van der Waals surface area contributed by atoms with E-state index in [9.17, 15) is 9.90 Å². The van der Waals surface area contributed by atoms with Gasteiger partial charge in [-0.15, -0.1) is 11.3 Å². The van der Waals surface area contributed by atoms with Crippen molar-refractivity contribution in [1.82, 2.24) is 0 Å². The molecule has 70 valence electrons. The minimum atomic E-state index is -0.720. The number of carbonyl (C=O) groups is 1. The fourth-order valence-corrected chi connectivity index (χ4v) is 2.62. The highest BCUT2D eigenvalue weighted by molar-refractivity contribution is 7.10. The average molecular weight is 196 g/mol. The topological polar surface area (TPSA) is 37.3 Å². The van der Waals surface area contributed by atoms with E-state index < -0.39 is 5.60 Å². The summed E-state index contributed by atoms with van der Waals surface area (Å²) in [4.78, 5) is 12.0. The molecule has 1 fully saturated rings. The molecule has 0 spiro atoms. The summed E-state index contributed by atoms with van der Waals surface area (Å²) in [7, 11) is 0. The largest absolute Gasteiger partial charge is 0.384 e. The first kappa shape index (κ1) is 8.91. The molecule has 0 aromatic carbocycles. The highest BCUT2D eigenvalue weighted by atomic mass is 32.1. The molecule has 2 nitrogen and oxygen atoms in total. The first-order chi connectivity index (χ1) is 6.21. The lowest BCUT2D eigenvalue weighted by molar-refractivity contribution is -0.125. The zero-order valence-electron chi connectivity index (χ0n) is 7.32. The Morgan fingerprint density at radius 2 is 2.08 bits per heavy atom. The van der Waals surface area contributed by atoms with Crippen molar-refractivity contribution >= 4 is 17.1 Å². The molecule has 0 aliphatic heterocycles. The maximum atomic E-state index is 11.0. The van der Waals surface area contributed by atoms with Crippen LogP contribution < -0.4 is 0 Å². The quantitative estimate of drug-likeness (QED) is 0.746. The summed E-state index contributed by atoms with van der Waals surface area (Å²) in [5, 5.41) is 12.2. The van der Waals surface area contributed by atoms with Gasteiger partial charge >= 0.3 is 0 Å². The van der Waals surface area contributed by atoms with Crippen LogP contribution in [0.4, 0.5) is 0 Å². The van der Waals surface area contributed by atoms with Gasteiger partial charge in [0.1, 0.15) is 5.78 Å². The molecule has 1 aromatic heterocycles. The fourth-order valence-electron chi connectivity index (χ4n) is 1.73. The smallest absolute Gasteiger partial charge is 0.133 e. The molecule has 1 heterocycles. The molecule has 2 rings (SSSR count). The molecule has 0 unspecified atom stereocenters. The lowest BCUT2D eigenvalue weighted by Gasteiger charge is -2.30. The van der Waals surface area contributed by atoms with Crippen LogP contribution in [0.5, 0.6) is 0 Å². The highest BCUT2D eigenvalue weighted by Crippen LogP contribution is 2.37. The van der Waals surface area contributed by atoms with Crippen LogP contribution in [0.15, 0.2) is 17.5 Å². The Hall–Kier alpha value is -0.670. The molecule has 1 N–H and O–H groups in total. The second kappa shape index (κ2) is 3.24. The van der Waals surface area contributed by atoms with Gasteiger partial charge in [0, 0.05) is 17.7 Å². The Labute approximate surface area is 81.2 Å². The van der Waals surface area contributed by atoms with Gasteiger partial charge in [0.25, 0.3) is 0 Å². The molecule has 1 saturated carbocycles. The van der Waals surface area contributed by atoms with E-state index in [1.165, 1.54) is 0 Å². The monoisotopic (exact) mass is 196 g/mol. The second-order valence-corrected chi connectivity index (χ2v) is 4.50. The number of thiophene rings is 1. The normalized spacial score (nSPS) is 21.8. The van der Waals surface area contributed by atoms with Gasteiger partial charge in [-0.1, -0.05) is 6.07 Å². The van der Waals surface area contributed by atoms with Crippen LogP contribution in [0.2, 0.25) is 0 Å². The molecule has 1 aromatic rings. The minimum Gasteiger partial charge on any atom is -0.384 e. The van der Waals surface area contributed by atoms with E-state index in [2.05, 4.69) is 0 Å². The zero-order chi connectivity index (χ0) is 9.31. The molecule has 0 bridgehead atoms. The standard InChI is InChI=1S/C10H12O2S/c11-8-3-5-10(12,6-4-8)9-2-1-7-13-9/h1-2,7,12H,3-6H2. The van der Waals surface area contributed by atoms with Crippen molar-refractivity contribution in [2.24, 2.45) is 0 Å². The van der Waals surface area contributed by atoms with Gasteiger partial charge in [-0.25, -0.2) is 0 Å². The van der Waals surface area contributed by atoms with Crippen molar-refractivity contribution in [1.29, 1.82) is 0 Å². The molecule has 0 radical (unpaired) electrons. The first-order valence-electron chi connectivity index (χ1n) is 4.49. The zero-order valence-corrected chi connectivity index (χ0v) is 8.14. The Morgan fingerprint density at radius 1 is 1.38 bits per heavy atom. The van der Waals surface area contributed by atoms with Crippen molar-refractivity contribution in [2.45, 2.75) is 31.3 Å².